The van der Waals surface area contributed by atoms with Gasteiger partial charge in [-0.1, -0.05) is 28.1 Å². The van der Waals surface area contributed by atoms with E-state index in [0.717, 1.165) is 24.1 Å². The van der Waals surface area contributed by atoms with Crippen LogP contribution in [-0.2, 0) is 6.54 Å². The molecule has 0 aliphatic heterocycles. The van der Waals surface area contributed by atoms with Crippen LogP contribution in [0.2, 0.25) is 0 Å². The zero-order valence-corrected chi connectivity index (χ0v) is 10.7. The van der Waals surface area contributed by atoms with Crippen molar-refractivity contribution in [2.24, 2.45) is 0 Å². The van der Waals surface area contributed by atoms with Gasteiger partial charge in [0.1, 0.15) is 0 Å². The fraction of sp³-hybridized carbons (Fsp3) is 0.231. The van der Waals surface area contributed by atoms with Crippen molar-refractivity contribution < 1.29 is 0 Å². The second-order valence-corrected chi connectivity index (χ2v) is 4.53. The fourth-order valence-electron chi connectivity index (χ4n) is 1.78. The van der Waals surface area contributed by atoms with Crippen LogP contribution in [0.1, 0.15) is 0 Å². The first-order chi connectivity index (χ1) is 7.83. The minimum atomic E-state index is 0.864. The summed E-state index contributed by atoms with van der Waals surface area (Å²) >= 11 is 3.56. The molecule has 0 fully saturated rings. The number of aromatic nitrogens is 1. The Morgan fingerprint density at radius 2 is 2.25 bits per heavy atom. The zero-order chi connectivity index (χ0) is 11.4. The molecular weight excluding hydrogens is 264 g/mol. The van der Waals surface area contributed by atoms with Crippen molar-refractivity contribution >= 4 is 26.8 Å². The van der Waals surface area contributed by atoms with E-state index >= 15 is 0 Å². The molecule has 0 bridgehead atoms. The molecular formula is C13H15BrN2. The van der Waals surface area contributed by atoms with Crippen LogP contribution in [0.25, 0.3) is 10.9 Å². The van der Waals surface area contributed by atoms with E-state index in [-0.39, 0.29) is 0 Å². The molecule has 2 nitrogen and oxygen atoms in total. The van der Waals surface area contributed by atoms with Crippen molar-refractivity contribution in [3.63, 3.8) is 0 Å². The summed E-state index contributed by atoms with van der Waals surface area (Å²) < 4.78 is 3.42. The number of benzene rings is 1. The van der Waals surface area contributed by atoms with E-state index in [1.807, 2.05) is 6.08 Å². The summed E-state index contributed by atoms with van der Waals surface area (Å²) in [5.74, 6) is 0. The van der Waals surface area contributed by atoms with Crippen LogP contribution in [0.4, 0.5) is 0 Å². The molecule has 0 saturated heterocycles. The molecule has 0 spiro atoms. The predicted molar refractivity (Wildman–Crippen MR) is 72.7 cm³/mol. The van der Waals surface area contributed by atoms with Crippen molar-refractivity contribution in [1.82, 2.24) is 9.88 Å². The molecule has 1 heterocycles. The smallest absolute Gasteiger partial charge is 0.0492 e. The molecule has 1 aromatic heterocycles. The Kier molecular flexibility index (Phi) is 3.80. The highest BCUT2D eigenvalue weighted by Crippen LogP contribution is 2.24. The van der Waals surface area contributed by atoms with Crippen LogP contribution in [0.3, 0.4) is 0 Å². The van der Waals surface area contributed by atoms with Gasteiger partial charge in [-0.3, -0.25) is 0 Å². The lowest BCUT2D eigenvalue weighted by molar-refractivity contribution is 0.641. The molecule has 84 valence electrons. The second kappa shape index (κ2) is 5.32. The van der Waals surface area contributed by atoms with Gasteiger partial charge in [0.2, 0.25) is 0 Å². The summed E-state index contributed by atoms with van der Waals surface area (Å²) in [6, 6.07) is 8.43. The van der Waals surface area contributed by atoms with Crippen LogP contribution < -0.4 is 5.32 Å². The van der Waals surface area contributed by atoms with Gasteiger partial charge in [0, 0.05) is 41.2 Å². The van der Waals surface area contributed by atoms with Crippen molar-refractivity contribution in [2.45, 2.75) is 6.54 Å². The summed E-state index contributed by atoms with van der Waals surface area (Å²) in [7, 11) is 0. The molecule has 0 atom stereocenters. The highest BCUT2D eigenvalue weighted by atomic mass is 79.9. The Labute approximate surface area is 104 Å². The lowest BCUT2D eigenvalue weighted by Gasteiger charge is -2.06. The third-order valence-electron chi connectivity index (χ3n) is 2.58. The van der Waals surface area contributed by atoms with Gasteiger partial charge in [0.15, 0.2) is 0 Å². The maximum absolute atomic E-state index is 3.68. The molecule has 16 heavy (non-hydrogen) atoms. The first-order valence-electron chi connectivity index (χ1n) is 5.38. The molecule has 1 N–H and O–H groups in total. The Balaban J connectivity index is 2.13. The topological polar surface area (TPSA) is 17.0 Å². The Morgan fingerprint density at radius 1 is 1.38 bits per heavy atom. The van der Waals surface area contributed by atoms with Crippen molar-refractivity contribution in [3.05, 3.63) is 47.6 Å². The van der Waals surface area contributed by atoms with Gasteiger partial charge in [0.05, 0.1) is 0 Å². The third kappa shape index (κ3) is 2.36. The molecule has 0 amide bonds. The van der Waals surface area contributed by atoms with Crippen LogP contribution in [0, 0.1) is 0 Å². The quantitative estimate of drug-likeness (QED) is 0.657. The number of hydrogen-bond acceptors (Lipinski definition) is 1. The van der Waals surface area contributed by atoms with E-state index in [4.69, 9.17) is 0 Å². The van der Waals surface area contributed by atoms with Gasteiger partial charge < -0.3 is 9.88 Å². The molecule has 0 aliphatic rings. The largest absolute Gasteiger partial charge is 0.346 e. The van der Waals surface area contributed by atoms with Crippen molar-refractivity contribution in [3.8, 4) is 0 Å². The first-order valence-corrected chi connectivity index (χ1v) is 6.17. The van der Waals surface area contributed by atoms with Crippen LogP contribution in [0.15, 0.2) is 47.6 Å². The number of hydrogen-bond donors (Lipinski definition) is 1. The molecule has 0 aliphatic carbocycles. The summed E-state index contributed by atoms with van der Waals surface area (Å²) in [5, 5.41) is 4.57. The van der Waals surface area contributed by atoms with Crippen LogP contribution in [-0.4, -0.2) is 17.7 Å². The monoisotopic (exact) mass is 278 g/mol. The average Bonchev–Trinajstić information content (AvgIpc) is 2.70. The molecule has 1 aromatic carbocycles. The average molecular weight is 279 g/mol. The third-order valence-corrected chi connectivity index (χ3v) is 3.27. The molecule has 2 rings (SSSR count). The summed E-state index contributed by atoms with van der Waals surface area (Å²) in [6.45, 7) is 6.49. The van der Waals surface area contributed by atoms with Gasteiger partial charge >= 0.3 is 0 Å². The lowest BCUT2D eigenvalue weighted by atomic mass is 10.2. The van der Waals surface area contributed by atoms with Gasteiger partial charge in [-0.2, -0.15) is 0 Å². The van der Waals surface area contributed by atoms with Crippen LogP contribution >= 0.6 is 15.9 Å². The standard InChI is InChI=1S/C13H15BrN2/c1-2-7-15-8-10-16-9-6-11-12(14)4-3-5-13(11)16/h2-6,9,15H,1,7-8,10H2. The van der Waals surface area contributed by atoms with Crippen molar-refractivity contribution in [2.75, 3.05) is 13.1 Å². The van der Waals surface area contributed by atoms with Crippen LogP contribution in [0.5, 0.6) is 0 Å². The maximum Gasteiger partial charge on any atom is 0.0492 e. The summed E-state index contributed by atoms with van der Waals surface area (Å²) in [6.07, 6.45) is 4.01. The van der Waals surface area contributed by atoms with E-state index in [2.05, 4.69) is 62.9 Å². The first kappa shape index (κ1) is 11.4. The number of nitrogens with zero attached hydrogens (tertiary/aromatic N) is 1. The molecule has 0 unspecified atom stereocenters. The SMILES string of the molecule is C=CCNCCn1ccc2c(Br)cccc21. The minimum Gasteiger partial charge on any atom is -0.346 e. The second-order valence-electron chi connectivity index (χ2n) is 3.67. The number of nitrogens with one attached hydrogen (secondary N) is 1. The highest BCUT2D eigenvalue weighted by Gasteiger charge is 2.02. The number of halogens is 1. The van der Waals surface area contributed by atoms with E-state index < -0.39 is 0 Å². The van der Waals surface area contributed by atoms with Gasteiger partial charge in [-0.15, -0.1) is 6.58 Å². The predicted octanol–water partition coefficient (Wildman–Crippen LogP) is 3.18. The van der Waals surface area contributed by atoms with E-state index in [0.29, 0.717) is 0 Å². The number of rotatable bonds is 5. The van der Waals surface area contributed by atoms with E-state index in [9.17, 15) is 0 Å². The molecule has 3 heteroatoms. The van der Waals surface area contributed by atoms with E-state index in [1.165, 1.54) is 10.9 Å². The summed E-state index contributed by atoms with van der Waals surface area (Å²) in [4.78, 5) is 0. The maximum atomic E-state index is 3.68. The Bertz CT molecular complexity index is 488. The minimum absolute atomic E-state index is 0.864. The molecule has 0 radical (unpaired) electrons. The van der Waals surface area contributed by atoms with Gasteiger partial charge in [-0.25, -0.2) is 0 Å². The van der Waals surface area contributed by atoms with Gasteiger partial charge in [0.25, 0.3) is 0 Å². The molecule has 2 aromatic rings. The molecule has 0 saturated carbocycles. The summed E-state index contributed by atoms with van der Waals surface area (Å²) in [5.41, 5.74) is 1.27. The Hall–Kier alpha value is -1.06. The van der Waals surface area contributed by atoms with Crippen molar-refractivity contribution in [1.29, 1.82) is 0 Å². The normalized spacial score (nSPS) is 10.8. The lowest BCUT2D eigenvalue weighted by Crippen LogP contribution is -2.19. The highest BCUT2D eigenvalue weighted by molar-refractivity contribution is 9.10. The number of fused-ring (bicyclic) bond motifs is 1. The fourth-order valence-corrected chi connectivity index (χ4v) is 2.27. The Morgan fingerprint density at radius 3 is 3.06 bits per heavy atom. The van der Waals surface area contributed by atoms with E-state index in [1.54, 1.807) is 0 Å². The van der Waals surface area contributed by atoms with Gasteiger partial charge in [-0.05, 0) is 18.2 Å². The zero-order valence-electron chi connectivity index (χ0n) is 9.12.